The van der Waals surface area contributed by atoms with Gasteiger partial charge in [-0.3, -0.25) is 15.0 Å². The molecule has 0 aromatic heterocycles. The lowest BCUT2D eigenvalue weighted by atomic mass is 10.1. The van der Waals surface area contributed by atoms with E-state index < -0.39 is 4.92 Å². The van der Waals surface area contributed by atoms with E-state index in [0.29, 0.717) is 6.54 Å². The topological polar surface area (TPSA) is 72.4 Å². The average Bonchev–Trinajstić information content (AvgIpc) is 2.40. The number of rotatable bonds is 5. The van der Waals surface area contributed by atoms with Gasteiger partial charge in [-0.2, -0.15) is 0 Å². The highest BCUT2D eigenvalue weighted by Crippen LogP contribution is 2.23. The first-order valence-corrected chi connectivity index (χ1v) is 7.21. The molecule has 0 spiro atoms. The quantitative estimate of drug-likeness (QED) is 0.508. The zero-order valence-corrected chi connectivity index (χ0v) is 13.2. The minimum Gasteiger partial charge on any atom is -0.393 e. The Labute approximate surface area is 131 Å². The molecule has 0 aliphatic carbocycles. The van der Waals surface area contributed by atoms with Gasteiger partial charge in [0, 0.05) is 23.6 Å². The number of nitro benzene ring substituents is 1. The first-order chi connectivity index (χ1) is 9.95. The van der Waals surface area contributed by atoms with Gasteiger partial charge in [-0.25, -0.2) is 0 Å². The molecule has 0 aliphatic rings. The molecular formula is C15H16BrN3O2. The Morgan fingerprint density at radius 3 is 2.48 bits per heavy atom. The molecular weight excluding hydrogens is 334 g/mol. The van der Waals surface area contributed by atoms with E-state index in [1.54, 1.807) is 6.07 Å². The van der Waals surface area contributed by atoms with Crippen molar-refractivity contribution < 1.29 is 4.92 Å². The van der Waals surface area contributed by atoms with E-state index in [4.69, 9.17) is 5.73 Å². The normalized spacial score (nSPS) is 10.8. The minimum absolute atomic E-state index is 0.0386. The van der Waals surface area contributed by atoms with Gasteiger partial charge < -0.3 is 5.73 Å². The van der Waals surface area contributed by atoms with Crippen molar-refractivity contribution in [2.24, 2.45) is 0 Å². The lowest BCUT2D eigenvalue weighted by molar-refractivity contribution is -0.384. The van der Waals surface area contributed by atoms with Crippen molar-refractivity contribution in [3.8, 4) is 0 Å². The van der Waals surface area contributed by atoms with E-state index in [1.165, 1.54) is 11.6 Å². The molecule has 0 aliphatic heterocycles. The fourth-order valence-electron chi connectivity index (χ4n) is 2.16. The second-order valence-corrected chi connectivity index (χ2v) is 5.87. The van der Waals surface area contributed by atoms with Crippen molar-refractivity contribution in [2.45, 2.75) is 13.1 Å². The molecule has 0 heterocycles. The lowest BCUT2D eigenvalue weighted by Crippen LogP contribution is -2.17. The van der Waals surface area contributed by atoms with Gasteiger partial charge in [-0.15, -0.1) is 0 Å². The van der Waals surface area contributed by atoms with Crippen LogP contribution in [0.2, 0.25) is 0 Å². The maximum absolute atomic E-state index is 10.9. The predicted octanol–water partition coefficient (Wildman–Crippen LogP) is 3.57. The van der Waals surface area contributed by atoms with E-state index in [2.05, 4.69) is 26.9 Å². The SMILES string of the molecule is CN(Cc1cccc(Br)c1)Cc1ccc(N)c([N+](=O)[O-])c1. The monoisotopic (exact) mass is 349 g/mol. The summed E-state index contributed by atoms with van der Waals surface area (Å²) < 4.78 is 1.04. The Kier molecular flexibility index (Phi) is 4.93. The van der Waals surface area contributed by atoms with E-state index in [9.17, 15) is 10.1 Å². The predicted molar refractivity (Wildman–Crippen MR) is 86.8 cm³/mol. The van der Waals surface area contributed by atoms with Crippen LogP contribution in [0.3, 0.4) is 0 Å². The molecule has 0 saturated carbocycles. The Balaban J connectivity index is 2.07. The molecule has 2 rings (SSSR count). The minimum atomic E-state index is -0.451. The number of hydrogen-bond donors (Lipinski definition) is 1. The third-order valence-electron chi connectivity index (χ3n) is 3.09. The highest BCUT2D eigenvalue weighted by Gasteiger charge is 2.12. The standard InChI is InChI=1S/C15H16BrN3O2/c1-18(9-11-3-2-4-13(16)7-11)10-12-5-6-14(17)15(8-12)19(20)21/h2-8H,9-10,17H2,1H3. The molecule has 0 radical (unpaired) electrons. The van der Waals surface area contributed by atoms with Crippen LogP contribution >= 0.6 is 15.9 Å². The third kappa shape index (κ3) is 4.27. The van der Waals surface area contributed by atoms with E-state index in [-0.39, 0.29) is 11.4 Å². The number of benzene rings is 2. The van der Waals surface area contributed by atoms with E-state index in [1.807, 2.05) is 31.3 Å². The maximum atomic E-state index is 10.9. The number of nitro groups is 1. The Morgan fingerprint density at radius 1 is 1.19 bits per heavy atom. The Bertz CT molecular complexity index is 661. The van der Waals surface area contributed by atoms with Gasteiger partial charge in [0.2, 0.25) is 0 Å². The molecule has 110 valence electrons. The summed E-state index contributed by atoms with van der Waals surface area (Å²) in [5, 5.41) is 10.9. The van der Waals surface area contributed by atoms with Crippen molar-refractivity contribution in [3.05, 3.63) is 68.2 Å². The molecule has 5 nitrogen and oxygen atoms in total. The zero-order valence-electron chi connectivity index (χ0n) is 11.6. The van der Waals surface area contributed by atoms with Gasteiger partial charge >= 0.3 is 0 Å². The number of anilines is 1. The first-order valence-electron chi connectivity index (χ1n) is 6.41. The van der Waals surface area contributed by atoms with Crippen LogP contribution < -0.4 is 5.73 Å². The molecule has 6 heteroatoms. The summed E-state index contributed by atoms with van der Waals surface area (Å²) in [6.45, 7) is 1.38. The van der Waals surface area contributed by atoms with Gasteiger partial charge in [-0.05, 0) is 36.4 Å². The van der Waals surface area contributed by atoms with Crippen molar-refractivity contribution in [1.29, 1.82) is 0 Å². The van der Waals surface area contributed by atoms with Crippen molar-refractivity contribution in [3.63, 3.8) is 0 Å². The van der Waals surface area contributed by atoms with Crippen molar-refractivity contribution >= 4 is 27.3 Å². The van der Waals surface area contributed by atoms with Crippen LogP contribution in [-0.4, -0.2) is 16.9 Å². The number of halogens is 1. The lowest BCUT2D eigenvalue weighted by Gasteiger charge is -2.17. The molecule has 0 bridgehead atoms. The second-order valence-electron chi connectivity index (χ2n) is 4.95. The van der Waals surface area contributed by atoms with Gasteiger partial charge in [0.1, 0.15) is 5.69 Å². The zero-order chi connectivity index (χ0) is 15.4. The number of nitrogens with two attached hydrogens (primary N) is 1. The molecule has 2 N–H and O–H groups in total. The molecule has 2 aromatic carbocycles. The van der Waals surface area contributed by atoms with Crippen LogP contribution in [0.4, 0.5) is 11.4 Å². The van der Waals surface area contributed by atoms with Crippen LogP contribution in [0.25, 0.3) is 0 Å². The summed E-state index contributed by atoms with van der Waals surface area (Å²) in [7, 11) is 1.98. The molecule has 2 aromatic rings. The van der Waals surface area contributed by atoms with E-state index >= 15 is 0 Å². The Morgan fingerprint density at radius 2 is 1.86 bits per heavy atom. The smallest absolute Gasteiger partial charge is 0.292 e. The summed E-state index contributed by atoms with van der Waals surface area (Å²) in [5.41, 5.74) is 7.80. The summed E-state index contributed by atoms with van der Waals surface area (Å²) >= 11 is 3.44. The van der Waals surface area contributed by atoms with Crippen LogP contribution in [0, 0.1) is 10.1 Å². The molecule has 0 saturated heterocycles. The second kappa shape index (κ2) is 6.69. The summed E-state index contributed by atoms with van der Waals surface area (Å²) in [5.74, 6) is 0. The highest BCUT2D eigenvalue weighted by atomic mass is 79.9. The highest BCUT2D eigenvalue weighted by molar-refractivity contribution is 9.10. The number of hydrogen-bond acceptors (Lipinski definition) is 4. The summed E-state index contributed by atoms with van der Waals surface area (Å²) in [6, 6.07) is 13.0. The van der Waals surface area contributed by atoms with Crippen LogP contribution in [0.5, 0.6) is 0 Å². The van der Waals surface area contributed by atoms with Crippen LogP contribution in [0.1, 0.15) is 11.1 Å². The molecule has 0 atom stereocenters. The summed E-state index contributed by atoms with van der Waals surface area (Å²) in [4.78, 5) is 12.5. The van der Waals surface area contributed by atoms with Crippen LogP contribution in [-0.2, 0) is 13.1 Å². The first kappa shape index (κ1) is 15.5. The molecule has 0 unspecified atom stereocenters. The van der Waals surface area contributed by atoms with Crippen molar-refractivity contribution in [1.82, 2.24) is 4.90 Å². The van der Waals surface area contributed by atoms with E-state index in [0.717, 1.165) is 16.6 Å². The fraction of sp³-hybridized carbons (Fsp3) is 0.200. The van der Waals surface area contributed by atoms with Crippen LogP contribution in [0.15, 0.2) is 46.9 Å². The maximum Gasteiger partial charge on any atom is 0.292 e. The molecule has 21 heavy (non-hydrogen) atoms. The number of nitrogens with zero attached hydrogens (tertiary/aromatic N) is 2. The molecule has 0 amide bonds. The van der Waals surface area contributed by atoms with Gasteiger partial charge in [0.15, 0.2) is 0 Å². The summed E-state index contributed by atoms with van der Waals surface area (Å²) in [6.07, 6.45) is 0. The third-order valence-corrected chi connectivity index (χ3v) is 3.58. The fourth-order valence-corrected chi connectivity index (χ4v) is 2.61. The molecule has 0 fully saturated rings. The van der Waals surface area contributed by atoms with Crippen molar-refractivity contribution in [2.75, 3.05) is 12.8 Å². The van der Waals surface area contributed by atoms with Gasteiger partial charge in [0.05, 0.1) is 4.92 Å². The largest absolute Gasteiger partial charge is 0.393 e. The Hall–Kier alpha value is -1.92. The van der Waals surface area contributed by atoms with Gasteiger partial charge in [0.25, 0.3) is 5.69 Å². The number of nitrogen functional groups attached to an aromatic ring is 1. The average molecular weight is 350 g/mol. The van der Waals surface area contributed by atoms with Gasteiger partial charge in [-0.1, -0.05) is 34.1 Å².